The van der Waals surface area contributed by atoms with Gasteiger partial charge in [-0.05, 0) is 40.5 Å². The maximum absolute atomic E-state index is 11.4. The Kier molecular flexibility index (Phi) is 11.3. The van der Waals surface area contributed by atoms with Gasteiger partial charge in [0.1, 0.15) is 10.4 Å². The molecule has 1 N–H and O–H groups in total. The van der Waals surface area contributed by atoms with E-state index in [9.17, 15) is 9.59 Å². The molecule has 130 valence electrons. The molecule has 0 radical (unpaired) electrons. The molecule has 0 spiro atoms. The van der Waals surface area contributed by atoms with Crippen LogP contribution in [0.15, 0.2) is 0 Å². The fourth-order valence-corrected chi connectivity index (χ4v) is 2.29. The van der Waals surface area contributed by atoms with E-state index in [4.69, 9.17) is 9.47 Å². The summed E-state index contributed by atoms with van der Waals surface area (Å²) < 4.78 is 10.1. The number of alkyl carbamates (subject to hydrolysis) is 1. The molecule has 0 aliphatic carbocycles. The zero-order chi connectivity index (χ0) is 17.0. The van der Waals surface area contributed by atoms with E-state index < -0.39 is 5.60 Å². The van der Waals surface area contributed by atoms with Gasteiger partial charge in [0.15, 0.2) is 0 Å². The third-order valence-corrected chi connectivity index (χ3v) is 3.68. The Hall–Kier alpha value is -0.780. The standard InChI is InChI=1S/C16H30BrNO4/c1-5-21-14(19)13(17)11-9-7-6-8-10-12-18-15(20)22-16(2,3)4/h13H,5-12H2,1-4H3,(H,18,20). The molecule has 0 aliphatic rings. The molecule has 0 fully saturated rings. The maximum Gasteiger partial charge on any atom is 0.407 e. The van der Waals surface area contributed by atoms with Crippen LogP contribution < -0.4 is 5.32 Å². The fourth-order valence-electron chi connectivity index (χ4n) is 1.83. The predicted octanol–water partition coefficient (Wildman–Crippen LogP) is 4.18. The summed E-state index contributed by atoms with van der Waals surface area (Å²) in [5, 5.41) is 2.75. The summed E-state index contributed by atoms with van der Waals surface area (Å²) in [5.74, 6) is -0.177. The van der Waals surface area contributed by atoms with Crippen molar-refractivity contribution in [3.63, 3.8) is 0 Å². The van der Waals surface area contributed by atoms with Gasteiger partial charge in [0.2, 0.25) is 0 Å². The number of nitrogens with one attached hydrogen (secondary N) is 1. The molecular formula is C16H30BrNO4. The Bertz CT molecular complexity index is 329. The van der Waals surface area contributed by atoms with Gasteiger partial charge in [-0.1, -0.05) is 41.6 Å². The molecule has 0 aliphatic heterocycles. The topological polar surface area (TPSA) is 64.6 Å². The van der Waals surface area contributed by atoms with Gasteiger partial charge in [0.05, 0.1) is 6.61 Å². The molecular weight excluding hydrogens is 350 g/mol. The van der Waals surface area contributed by atoms with Gasteiger partial charge in [-0.3, -0.25) is 4.79 Å². The Morgan fingerprint density at radius 1 is 1.09 bits per heavy atom. The molecule has 1 atom stereocenters. The smallest absolute Gasteiger partial charge is 0.407 e. The zero-order valence-corrected chi connectivity index (χ0v) is 15.8. The van der Waals surface area contributed by atoms with Crippen LogP contribution in [0.1, 0.15) is 66.2 Å². The average Bonchev–Trinajstić information content (AvgIpc) is 2.39. The molecule has 0 saturated heterocycles. The molecule has 0 bridgehead atoms. The second-order valence-corrected chi connectivity index (χ2v) is 7.31. The first-order chi connectivity index (χ1) is 10.3. The van der Waals surface area contributed by atoms with Crippen molar-refractivity contribution in [2.24, 2.45) is 0 Å². The fraction of sp³-hybridized carbons (Fsp3) is 0.875. The minimum Gasteiger partial charge on any atom is -0.465 e. The molecule has 0 heterocycles. The number of hydrogen-bond acceptors (Lipinski definition) is 4. The van der Waals surface area contributed by atoms with E-state index >= 15 is 0 Å². The lowest BCUT2D eigenvalue weighted by atomic mass is 10.1. The van der Waals surface area contributed by atoms with E-state index in [2.05, 4.69) is 21.2 Å². The van der Waals surface area contributed by atoms with Crippen LogP contribution in [0.5, 0.6) is 0 Å². The van der Waals surface area contributed by atoms with Crippen LogP contribution in [-0.4, -0.2) is 35.6 Å². The Balaban J connectivity index is 3.44. The molecule has 0 aromatic heterocycles. The summed E-state index contributed by atoms with van der Waals surface area (Å²) in [6.45, 7) is 8.41. The minimum atomic E-state index is -0.449. The molecule has 1 amide bonds. The number of rotatable bonds is 10. The van der Waals surface area contributed by atoms with Crippen LogP contribution in [0.4, 0.5) is 4.79 Å². The van der Waals surface area contributed by atoms with Crippen molar-refractivity contribution < 1.29 is 19.1 Å². The van der Waals surface area contributed by atoms with Gasteiger partial charge in [-0.25, -0.2) is 4.79 Å². The number of amides is 1. The van der Waals surface area contributed by atoms with Crippen molar-refractivity contribution in [2.45, 2.75) is 76.6 Å². The van der Waals surface area contributed by atoms with Crippen molar-refractivity contribution in [2.75, 3.05) is 13.2 Å². The number of unbranched alkanes of at least 4 members (excludes halogenated alkanes) is 4. The summed E-state index contributed by atoms with van der Waals surface area (Å²) in [4.78, 5) is 22.6. The largest absolute Gasteiger partial charge is 0.465 e. The highest BCUT2D eigenvalue weighted by Crippen LogP contribution is 2.14. The van der Waals surface area contributed by atoms with E-state index in [1.165, 1.54) is 0 Å². The van der Waals surface area contributed by atoms with Crippen LogP contribution in [-0.2, 0) is 14.3 Å². The van der Waals surface area contributed by atoms with Crippen LogP contribution >= 0.6 is 15.9 Å². The van der Waals surface area contributed by atoms with Gasteiger partial charge in [0.25, 0.3) is 0 Å². The van der Waals surface area contributed by atoms with Crippen LogP contribution in [0.2, 0.25) is 0 Å². The molecule has 22 heavy (non-hydrogen) atoms. The molecule has 5 nitrogen and oxygen atoms in total. The molecule has 0 aromatic rings. The van der Waals surface area contributed by atoms with Crippen molar-refractivity contribution >= 4 is 28.0 Å². The van der Waals surface area contributed by atoms with Crippen molar-refractivity contribution in [3.8, 4) is 0 Å². The summed E-state index contributed by atoms with van der Waals surface area (Å²) in [6.07, 6.45) is 5.61. The number of esters is 1. The highest BCUT2D eigenvalue weighted by Gasteiger charge is 2.16. The number of alkyl halides is 1. The lowest BCUT2D eigenvalue weighted by Gasteiger charge is -2.19. The second kappa shape index (κ2) is 11.7. The van der Waals surface area contributed by atoms with Crippen LogP contribution in [0.3, 0.4) is 0 Å². The van der Waals surface area contributed by atoms with Gasteiger partial charge >= 0.3 is 12.1 Å². The molecule has 0 aromatic carbocycles. The quantitative estimate of drug-likeness (QED) is 0.351. The third-order valence-electron chi connectivity index (χ3n) is 2.84. The van der Waals surface area contributed by atoms with E-state index in [0.717, 1.165) is 38.5 Å². The lowest BCUT2D eigenvalue weighted by molar-refractivity contribution is -0.142. The third kappa shape index (κ3) is 12.9. The molecule has 1 unspecified atom stereocenters. The first-order valence-corrected chi connectivity index (χ1v) is 8.95. The first-order valence-electron chi connectivity index (χ1n) is 8.04. The monoisotopic (exact) mass is 379 g/mol. The molecule has 0 rings (SSSR count). The summed E-state index contributed by atoms with van der Waals surface area (Å²) in [6, 6.07) is 0. The summed E-state index contributed by atoms with van der Waals surface area (Å²) >= 11 is 3.34. The minimum absolute atomic E-state index is 0.177. The highest BCUT2D eigenvalue weighted by atomic mass is 79.9. The number of carbonyl (C=O) groups excluding carboxylic acids is 2. The van der Waals surface area contributed by atoms with E-state index in [-0.39, 0.29) is 16.9 Å². The normalized spacial score (nSPS) is 12.6. The van der Waals surface area contributed by atoms with Crippen molar-refractivity contribution in [1.82, 2.24) is 5.32 Å². The second-order valence-electron chi connectivity index (χ2n) is 6.20. The van der Waals surface area contributed by atoms with E-state index in [0.29, 0.717) is 13.2 Å². The number of halogens is 1. The van der Waals surface area contributed by atoms with E-state index in [1.54, 1.807) is 0 Å². The SMILES string of the molecule is CCOC(=O)C(Br)CCCCCCCNC(=O)OC(C)(C)C. The van der Waals surface area contributed by atoms with E-state index in [1.807, 2.05) is 27.7 Å². The highest BCUT2D eigenvalue weighted by molar-refractivity contribution is 9.10. The molecule has 6 heteroatoms. The number of hydrogen-bond donors (Lipinski definition) is 1. The molecule has 0 saturated carbocycles. The Morgan fingerprint density at radius 3 is 2.27 bits per heavy atom. The van der Waals surface area contributed by atoms with Gasteiger partial charge in [0, 0.05) is 6.54 Å². The lowest BCUT2D eigenvalue weighted by Crippen LogP contribution is -2.32. The Labute approximate surface area is 142 Å². The van der Waals surface area contributed by atoms with Gasteiger partial charge < -0.3 is 14.8 Å². The van der Waals surface area contributed by atoms with Gasteiger partial charge in [-0.15, -0.1) is 0 Å². The maximum atomic E-state index is 11.4. The van der Waals surface area contributed by atoms with Crippen LogP contribution in [0.25, 0.3) is 0 Å². The number of ether oxygens (including phenoxy) is 2. The first kappa shape index (κ1) is 21.2. The van der Waals surface area contributed by atoms with Crippen LogP contribution in [0, 0.1) is 0 Å². The summed E-state index contributed by atoms with van der Waals surface area (Å²) in [5.41, 5.74) is -0.449. The Morgan fingerprint density at radius 2 is 1.68 bits per heavy atom. The zero-order valence-electron chi connectivity index (χ0n) is 14.2. The van der Waals surface area contributed by atoms with Gasteiger partial charge in [-0.2, -0.15) is 0 Å². The van der Waals surface area contributed by atoms with Crippen molar-refractivity contribution in [3.05, 3.63) is 0 Å². The summed E-state index contributed by atoms with van der Waals surface area (Å²) in [7, 11) is 0. The predicted molar refractivity (Wildman–Crippen MR) is 91.3 cm³/mol. The van der Waals surface area contributed by atoms with Crippen molar-refractivity contribution in [1.29, 1.82) is 0 Å². The average molecular weight is 380 g/mol. The number of carbonyl (C=O) groups is 2.